The number of halogens is 3. The summed E-state index contributed by atoms with van der Waals surface area (Å²) in [7, 11) is 0. The average Bonchev–Trinajstić information content (AvgIpc) is 3.07. The predicted molar refractivity (Wildman–Crippen MR) is 91.1 cm³/mol. The fourth-order valence-electron chi connectivity index (χ4n) is 2.45. The molecule has 3 aromatic rings. The summed E-state index contributed by atoms with van der Waals surface area (Å²) in [5, 5.41) is 5.30. The molecule has 0 unspecified atom stereocenters. The van der Waals surface area contributed by atoms with Gasteiger partial charge in [-0.2, -0.15) is 13.2 Å². The van der Waals surface area contributed by atoms with E-state index in [2.05, 4.69) is 10.3 Å². The van der Waals surface area contributed by atoms with Gasteiger partial charge in [0, 0.05) is 17.3 Å². The van der Waals surface area contributed by atoms with Crippen LogP contribution in [0.5, 0.6) is 0 Å². The van der Waals surface area contributed by atoms with Gasteiger partial charge in [-0.1, -0.05) is 18.2 Å². The molecule has 1 heterocycles. The highest BCUT2D eigenvalue weighted by molar-refractivity contribution is 6.10. The molecule has 8 heteroatoms. The van der Waals surface area contributed by atoms with Crippen LogP contribution in [0.25, 0.3) is 10.9 Å². The molecule has 0 spiro atoms. The molecular weight excluding hydrogens is 347 g/mol. The van der Waals surface area contributed by atoms with Crippen molar-refractivity contribution in [2.24, 2.45) is 0 Å². The number of carbonyl (C=O) groups excluding carboxylic acids is 2. The molecule has 2 aromatic carbocycles. The van der Waals surface area contributed by atoms with E-state index in [9.17, 15) is 22.8 Å². The first kappa shape index (κ1) is 17.5. The molecule has 1 aromatic heterocycles. The average molecular weight is 361 g/mol. The van der Waals surface area contributed by atoms with E-state index in [0.717, 1.165) is 10.9 Å². The van der Waals surface area contributed by atoms with Crippen LogP contribution >= 0.6 is 0 Å². The predicted octanol–water partition coefficient (Wildman–Crippen LogP) is 3.71. The van der Waals surface area contributed by atoms with Crippen LogP contribution < -0.4 is 10.6 Å². The summed E-state index contributed by atoms with van der Waals surface area (Å²) in [5.74, 6) is -1.39. The number of para-hydroxylation sites is 1. The summed E-state index contributed by atoms with van der Waals surface area (Å²) >= 11 is 0. The number of H-pyrrole nitrogens is 1. The normalized spacial score (nSPS) is 11.3. The van der Waals surface area contributed by atoms with Crippen molar-refractivity contribution in [3.8, 4) is 0 Å². The van der Waals surface area contributed by atoms with Crippen LogP contribution in [0.2, 0.25) is 0 Å². The van der Waals surface area contributed by atoms with Crippen molar-refractivity contribution in [3.63, 3.8) is 0 Å². The first-order chi connectivity index (χ1) is 12.3. The van der Waals surface area contributed by atoms with Crippen molar-refractivity contribution >= 4 is 28.4 Å². The van der Waals surface area contributed by atoms with Gasteiger partial charge >= 0.3 is 6.18 Å². The lowest BCUT2D eigenvalue weighted by Gasteiger charge is -2.12. The zero-order chi connectivity index (χ0) is 18.7. The number of aromatic nitrogens is 1. The summed E-state index contributed by atoms with van der Waals surface area (Å²) in [6.45, 7) is -1.45. The highest BCUT2D eigenvalue weighted by Crippen LogP contribution is 2.19. The fourth-order valence-corrected chi connectivity index (χ4v) is 2.45. The Bertz CT molecular complexity index is 963. The van der Waals surface area contributed by atoms with Gasteiger partial charge in [0.2, 0.25) is 0 Å². The number of hydrogen-bond donors (Lipinski definition) is 3. The number of rotatable bonds is 4. The smallest absolute Gasteiger partial charge is 0.361 e. The third kappa shape index (κ3) is 4.02. The van der Waals surface area contributed by atoms with Crippen molar-refractivity contribution in [2.75, 3.05) is 11.9 Å². The van der Waals surface area contributed by atoms with E-state index in [1.807, 2.05) is 6.07 Å². The number of carbonyl (C=O) groups is 2. The van der Waals surface area contributed by atoms with Gasteiger partial charge in [0.15, 0.2) is 0 Å². The van der Waals surface area contributed by atoms with Crippen molar-refractivity contribution in [1.29, 1.82) is 0 Å². The van der Waals surface area contributed by atoms with Crippen LogP contribution in [0, 0.1) is 0 Å². The Balaban J connectivity index is 1.79. The van der Waals surface area contributed by atoms with Gasteiger partial charge in [0.25, 0.3) is 11.8 Å². The first-order valence-electron chi connectivity index (χ1n) is 7.66. The molecule has 3 N–H and O–H groups in total. The largest absolute Gasteiger partial charge is 0.405 e. The Morgan fingerprint density at radius 2 is 1.77 bits per heavy atom. The number of aromatic amines is 1. The van der Waals surface area contributed by atoms with Crippen LogP contribution in [-0.2, 0) is 0 Å². The van der Waals surface area contributed by atoms with Crippen LogP contribution in [0.1, 0.15) is 20.7 Å². The van der Waals surface area contributed by atoms with E-state index in [0.29, 0.717) is 5.56 Å². The topological polar surface area (TPSA) is 74.0 Å². The van der Waals surface area contributed by atoms with E-state index >= 15 is 0 Å². The lowest BCUT2D eigenvalue weighted by atomic mass is 10.1. The second-order valence-corrected chi connectivity index (χ2v) is 5.58. The van der Waals surface area contributed by atoms with Crippen LogP contribution in [0.15, 0.2) is 54.7 Å². The lowest BCUT2D eigenvalue weighted by Crippen LogP contribution is -2.34. The highest BCUT2D eigenvalue weighted by atomic mass is 19.4. The minimum absolute atomic E-state index is 0.0500. The molecular formula is C18H14F3N3O2. The van der Waals surface area contributed by atoms with Crippen molar-refractivity contribution in [3.05, 3.63) is 65.9 Å². The molecule has 26 heavy (non-hydrogen) atoms. The molecule has 5 nitrogen and oxygen atoms in total. The van der Waals surface area contributed by atoms with Crippen LogP contribution in [-0.4, -0.2) is 29.5 Å². The van der Waals surface area contributed by atoms with E-state index in [1.165, 1.54) is 18.2 Å². The van der Waals surface area contributed by atoms with Gasteiger partial charge in [0.05, 0.1) is 11.3 Å². The van der Waals surface area contributed by atoms with Gasteiger partial charge in [-0.25, -0.2) is 0 Å². The maximum Gasteiger partial charge on any atom is 0.405 e. The SMILES string of the molecule is O=C(Nc1ccccc1C(=O)NCC(F)(F)F)c1ccc2cc[nH]c2c1. The zero-order valence-electron chi connectivity index (χ0n) is 13.4. The fraction of sp³-hybridized carbons (Fsp3) is 0.111. The number of benzene rings is 2. The molecule has 134 valence electrons. The number of nitrogens with one attached hydrogen (secondary N) is 3. The van der Waals surface area contributed by atoms with E-state index < -0.39 is 24.5 Å². The van der Waals surface area contributed by atoms with E-state index in [4.69, 9.17) is 0 Å². The second kappa shape index (κ2) is 6.91. The lowest BCUT2D eigenvalue weighted by molar-refractivity contribution is -0.123. The molecule has 0 aliphatic heterocycles. The highest BCUT2D eigenvalue weighted by Gasteiger charge is 2.28. The molecule has 0 fully saturated rings. The maximum atomic E-state index is 12.4. The van der Waals surface area contributed by atoms with Gasteiger partial charge in [-0.3, -0.25) is 9.59 Å². The van der Waals surface area contributed by atoms with E-state index in [-0.39, 0.29) is 11.3 Å². The second-order valence-electron chi connectivity index (χ2n) is 5.58. The standard InChI is InChI=1S/C18H14F3N3O2/c19-18(20,21)10-23-17(26)13-3-1-2-4-14(13)24-16(25)12-6-5-11-7-8-22-15(11)9-12/h1-9,22H,10H2,(H,23,26)(H,24,25). The van der Waals surface area contributed by atoms with Crippen molar-refractivity contribution in [1.82, 2.24) is 10.3 Å². The maximum absolute atomic E-state index is 12.4. The third-order valence-electron chi connectivity index (χ3n) is 3.69. The number of hydrogen-bond acceptors (Lipinski definition) is 2. The zero-order valence-corrected chi connectivity index (χ0v) is 13.4. The Kier molecular flexibility index (Phi) is 4.66. The van der Waals surface area contributed by atoms with Crippen LogP contribution in [0.4, 0.5) is 18.9 Å². The van der Waals surface area contributed by atoms with E-state index in [1.54, 1.807) is 35.8 Å². The Morgan fingerprint density at radius 3 is 2.54 bits per heavy atom. The number of fused-ring (bicyclic) bond motifs is 1. The Morgan fingerprint density at radius 1 is 1.00 bits per heavy atom. The Hall–Kier alpha value is -3.29. The van der Waals surface area contributed by atoms with Crippen molar-refractivity contribution in [2.45, 2.75) is 6.18 Å². The van der Waals surface area contributed by atoms with Gasteiger partial charge in [-0.05, 0) is 35.7 Å². The minimum Gasteiger partial charge on any atom is -0.361 e. The van der Waals surface area contributed by atoms with Crippen LogP contribution in [0.3, 0.4) is 0 Å². The monoisotopic (exact) mass is 361 g/mol. The number of amides is 2. The molecule has 0 saturated carbocycles. The quantitative estimate of drug-likeness (QED) is 0.663. The summed E-state index contributed by atoms with van der Waals surface area (Å²) < 4.78 is 36.8. The number of alkyl halides is 3. The molecule has 3 rings (SSSR count). The molecule has 2 amide bonds. The molecule has 0 saturated heterocycles. The van der Waals surface area contributed by atoms with Gasteiger partial charge in [0.1, 0.15) is 6.54 Å². The van der Waals surface area contributed by atoms with Gasteiger partial charge < -0.3 is 15.6 Å². The first-order valence-corrected chi connectivity index (χ1v) is 7.66. The van der Waals surface area contributed by atoms with Gasteiger partial charge in [-0.15, -0.1) is 0 Å². The summed E-state index contributed by atoms with van der Waals surface area (Å²) in [6, 6.07) is 12.8. The summed E-state index contributed by atoms with van der Waals surface area (Å²) in [4.78, 5) is 27.4. The molecule has 0 aliphatic carbocycles. The van der Waals surface area contributed by atoms with Crippen molar-refractivity contribution < 1.29 is 22.8 Å². The third-order valence-corrected chi connectivity index (χ3v) is 3.69. The Labute approximate surface area is 146 Å². The number of anilines is 1. The minimum atomic E-state index is -4.51. The molecule has 0 aliphatic rings. The molecule has 0 bridgehead atoms. The summed E-state index contributed by atoms with van der Waals surface area (Å²) in [5.41, 5.74) is 1.20. The summed E-state index contributed by atoms with van der Waals surface area (Å²) in [6.07, 6.45) is -2.77. The molecule has 0 atom stereocenters. The molecule has 0 radical (unpaired) electrons.